The number of aromatic nitrogens is 3. The fourth-order valence-electron chi connectivity index (χ4n) is 2.52. The van der Waals surface area contributed by atoms with Gasteiger partial charge >= 0.3 is 0 Å². The molecule has 1 fully saturated rings. The molecule has 114 valence electrons. The Kier molecular flexibility index (Phi) is 4.17. The van der Waals surface area contributed by atoms with Crippen LogP contribution in [0.1, 0.15) is 32.4 Å². The number of sulfonamides is 1. The van der Waals surface area contributed by atoms with Gasteiger partial charge in [0, 0.05) is 26.1 Å². The summed E-state index contributed by atoms with van der Waals surface area (Å²) in [6.07, 6.45) is 1.44. The number of methoxy groups -OCH3 is 1. The van der Waals surface area contributed by atoms with E-state index < -0.39 is 10.0 Å². The Labute approximate surface area is 119 Å². The van der Waals surface area contributed by atoms with Crippen molar-refractivity contribution in [3.05, 3.63) is 11.9 Å². The van der Waals surface area contributed by atoms with Gasteiger partial charge in [-0.3, -0.25) is 0 Å². The van der Waals surface area contributed by atoms with Gasteiger partial charge in [0.05, 0.1) is 23.7 Å². The number of nitrogens with zero attached hydrogens (tertiary/aromatic N) is 3. The molecule has 8 heteroatoms. The molecule has 0 unspecified atom stereocenters. The van der Waals surface area contributed by atoms with E-state index in [2.05, 4.69) is 15.4 Å². The lowest BCUT2D eigenvalue weighted by atomic mass is 10.0. The quantitative estimate of drug-likeness (QED) is 0.879. The Morgan fingerprint density at radius 2 is 2.15 bits per heavy atom. The topological polar surface area (TPSA) is 88.2 Å². The molecule has 0 aromatic carbocycles. The molecule has 20 heavy (non-hydrogen) atoms. The van der Waals surface area contributed by atoms with Crippen LogP contribution in [0.15, 0.2) is 6.20 Å². The molecule has 1 aliphatic heterocycles. The Morgan fingerprint density at radius 1 is 1.45 bits per heavy atom. The molecule has 1 aromatic heterocycles. The second-order valence-corrected chi connectivity index (χ2v) is 8.38. The van der Waals surface area contributed by atoms with Crippen LogP contribution in [0.5, 0.6) is 0 Å². The van der Waals surface area contributed by atoms with Gasteiger partial charge in [-0.1, -0.05) is 20.8 Å². The summed E-state index contributed by atoms with van der Waals surface area (Å²) in [5.74, 6) is 0.0515. The van der Waals surface area contributed by atoms with Crippen molar-refractivity contribution in [2.75, 3.05) is 26.0 Å². The number of ether oxygens (including phenoxy) is 1. The molecule has 2 rings (SSSR count). The molecule has 1 saturated heterocycles. The summed E-state index contributed by atoms with van der Waals surface area (Å²) in [6.45, 7) is 6.52. The van der Waals surface area contributed by atoms with Crippen LogP contribution in [0.4, 0.5) is 0 Å². The SMILES string of the molecule is CO[C@@H]1CN(S(=O)(=O)CC(C)(C)C)C[C@H]1c1cn[nH]n1. The highest BCUT2D eigenvalue weighted by Crippen LogP contribution is 2.31. The Morgan fingerprint density at radius 3 is 2.65 bits per heavy atom. The maximum atomic E-state index is 12.5. The van der Waals surface area contributed by atoms with Gasteiger partial charge in [-0.25, -0.2) is 8.42 Å². The van der Waals surface area contributed by atoms with Gasteiger partial charge in [0.15, 0.2) is 0 Å². The highest BCUT2D eigenvalue weighted by molar-refractivity contribution is 7.89. The Balaban J connectivity index is 2.17. The summed E-state index contributed by atoms with van der Waals surface area (Å²) in [5.41, 5.74) is 0.471. The number of hydrogen-bond acceptors (Lipinski definition) is 5. The zero-order valence-corrected chi connectivity index (χ0v) is 13.1. The van der Waals surface area contributed by atoms with E-state index in [1.54, 1.807) is 13.3 Å². The summed E-state index contributed by atoms with van der Waals surface area (Å²) < 4.78 is 31.8. The van der Waals surface area contributed by atoms with Crippen LogP contribution in [0.2, 0.25) is 0 Å². The van der Waals surface area contributed by atoms with Crippen molar-refractivity contribution < 1.29 is 13.2 Å². The molecule has 2 atom stereocenters. The third-order valence-electron chi connectivity index (χ3n) is 3.36. The van der Waals surface area contributed by atoms with E-state index in [-0.39, 0.29) is 23.2 Å². The number of rotatable bonds is 4. The van der Waals surface area contributed by atoms with Crippen molar-refractivity contribution in [2.24, 2.45) is 5.41 Å². The highest BCUT2D eigenvalue weighted by Gasteiger charge is 2.41. The van der Waals surface area contributed by atoms with Crippen molar-refractivity contribution in [3.63, 3.8) is 0 Å². The minimum Gasteiger partial charge on any atom is -0.379 e. The van der Waals surface area contributed by atoms with E-state index in [4.69, 9.17) is 4.74 Å². The molecule has 1 aliphatic rings. The van der Waals surface area contributed by atoms with Gasteiger partial charge in [0.1, 0.15) is 0 Å². The molecule has 1 aromatic rings. The summed E-state index contributed by atoms with van der Waals surface area (Å²) in [4.78, 5) is 0. The average Bonchev–Trinajstić information content (AvgIpc) is 2.94. The van der Waals surface area contributed by atoms with E-state index in [1.807, 2.05) is 20.8 Å². The average molecular weight is 302 g/mol. The molecule has 7 nitrogen and oxygen atoms in total. The van der Waals surface area contributed by atoms with Crippen LogP contribution >= 0.6 is 0 Å². The first-order chi connectivity index (χ1) is 9.23. The monoisotopic (exact) mass is 302 g/mol. The molecular formula is C12H22N4O3S. The van der Waals surface area contributed by atoms with Gasteiger partial charge in [-0.2, -0.15) is 19.7 Å². The Hall–Kier alpha value is -0.990. The van der Waals surface area contributed by atoms with Gasteiger partial charge in [0.25, 0.3) is 0 Å². The van der Waals surface area contributed by atoms with Gasteiger partial charge in [-0.15, -0.1) is 0 Å². The number of H-pyrrole nitrogens is 1. The molecular weight excluding hydrogens is 280 g/mol. The lowest BCUT2D eigenvalue weighted by molar-refractivity contribution is 0.101. The summed E-state index contributed by atoms with van der Waals surface area (Å²) >= 11 is 0. The van der Waals surface area contributed by atoms with Crippen molar-refractivity contribution in [1.82, 2.24) is 19.7 Å². The largest absolute Gasteiger partial charge is 0.379 e. The lowest BCUT2D eigenvalue weighted by Crippen LogP contribution is -2.36. The zero-order valence-electron chi connectivity index (χ0n) is 12.3. The normalized spacial score (nSPS) is 25.2. The minimum absolute atomic E-state index is 0.0755. The first kappa shape index (κ1) is 15.4. The van der Waals surface area contributed by atoms with Crippen LogP contribution in [-0.4, -0.2) is 60.2 Å². The van der Waals surface area contributed by atoms with Crippen molar-refractivity contribution in [2.45, 2.75) is 32.8 Å². The standard InChI is InChI=1S/C12H22N4O3S/c1-12(2,3)8-20(17,18)16-6-9(11(7-16)19-4)10-5-13-15-14-10/h5,9,11H,6-8H2,1-4H3,(H,13,14,15)/t9-,11+/m0/s1. The van der Waals surface area contributed by atoms with E-state index in [0.717, 1.165) is 5.69 Å². The van der Waals surface area contributed by atoms with Crippen LogP contribution in [-0.2, 0) is 14.8 Å². The first-order valence-electron chi connectivity index (χ1n) is 6.59. The number of aromatic amines is 1. The van der Waals surface area contributed by atoms with Crippen LogP contribution < -0.4 is 0 Å². The molecule has 0 spiro atoms. The number of nitrogens with one attached hydrogen (secondary N) is 1. The summed E-state index contributed by atoms with van der Waals surface area (Å²) in [5, 5.41) is 10.4. The smallest absolute Gasteiger partial charge is 0.214 e. The third kappa shape index (κ3) is 3.36. The molecule has 1 N–H and O–H groups in total. The predicted molar refractivity (Wildman–Crippen MR) is 74.7 cm³/mol. The third-order valence-corrected chi connectivity index (χ3v) is 5.67. The Bertz CT molecular complexity index is 536. The fraction of sp³-hybridized carbons (Fsp3) is 0.833. The van der Waals surface area contributed by atoms with Crippen molar-refractivity contribution in [3.8, 4) is 0 Å². The van der Waals surface area contributed by atoms with Gasteiger partial charge in [0.2, 0.25) is 10.0 Å². The van der Waals surface area contributed by atoms with Crippen molar-refractivity contribution >= 4 is 10.0 Å². The van der Waals surface area contributed by atoms with Crippen molar-refractivity contribution in [1.29, 1.82) is 0 Å². The minimum atomic E-state index is -3.29. The molecule has 0 aliphatic carbocycles. The summed E-state index contributed by atoms with van der Waals surface area (Å²) in [7, 11) is -1.69. The van der Waals surface area contributed by atoms with E-state index >= 15 is 0 Å². The van der Waals surface area contributed by atoms with Crippen LogP contribution in [0, 0.1) is 5.41 Å². The maximum Gasteiger partial charge on any atom is 0.214 e. The van der Waals surface area contributed by atoms with E-state index in [0.29, 0.717) is 13.1 Å². The van der Waals surface area contributed by atoms with Crippen LogP contribution in [0.3, 0.4) is 0 Å². The second kappa shape index (κ2) is 5.42. The zero-order chi connectivity index (χ0) is 15.0. The molecule has 0 bridgehead atoms. The van der Waals surface area contributed by atoms with E-state index in [1.165, 1.54) is 4.31 Å². The highest BCUT2D eigenvalue weighted by atomic mass is 32.2. The molecule has 0 saturated carbocycles. The predicted octanol–water partition coefficient (Wildman–Crippen LogP) is 0.595. The van der Waals surface area contributed by atoms with E-state index in [9.17, 15) is 8.42 Å². The maximum absolute atomic E-state index is 12.5. The van der Waals surface area contributed by atoms with Gasteiger partial charge in [-0.05, 0) is 5.41 Å². The molecule has 0 radical (unpaired) electrons. The first-order valence-corrected chi connectivity index (χ1v) is 8.20. The summed E-state index contributed by atoms with van der Waals surface area (Å²) in [6, 6.07) is 0. The molecule has 2 heterocycles. The number of hydrogen-bond donors (Lipinski definition) is 1. The van der Waals surface area contributed by atoms with Crippen LogP contribution in [0.25, 0.3) is 0 Å². The fourth-order valence-corrected chi connectivity index (χ4v) is 4.56. The molecule has 0 amide bonds. The van der Waals surface area contributed by atoms with Gasteiger partial charge < -0.3 is 4.74 Å². The second-order valence-electron chi connectivity index (χ2n) is 6.41. The lowest BCUT2D eigenvalue weighted by Gasteiger charge is -2.23.